The van der Waals surface area contributed by atoms with Gasteiger partial charge in [0.2, 0.25) is 0 Å². The molecule has 0 aliphatic carbocycles. The summed E-state index contributed by atoms with van der Waals surface area (Å²) in [5.74, 6) is -0.416. The number of amides is 1. The average Bonchev–Trinajstić information content (AvgIpc) is 3.06. The number of halogens is 1. The molecule has 1 aliphatic rings. The van der Waals surface area contributed by atoms with Gasteiger partial charge in [0.05, 0.1) is 10.6 Å². The molecule has 3 rings (SSSR count). The van der Waals surface area contributed by atoms with Crippen LogP contribution in [0.3, 0.4) is 0 Å². The van der Waals surface area contributed by atoms with Crippen LogP contribution in [0.2, 0.25) is 0 Å². The van der Waals surface area contributed by atoms with Crippen LogP contribution in [0.1, 0.15) is 30.3 Å². The minimum absolute atomic E-state index is 0.143. The first-order valence-corrected chi connectivity index (χ1v) is 9.02. The molecule has 130 valence electrons. The molecular weight excluding hydrogens is 337 g/mol. The highest BCUT2D eigenvalue weighted by molar-refractivity contribution is 8.18. The molecule has 4 nitrogen and oxygen atoms in total. The average molecular weight is 357 g/mol. The van der Waals surface area contributed by atoms with Gasteiger partial charge in [-0.25, -0.2) is 4.39 Å². The van der Waals surface area contributed by atoms with Crippen LogP contribution < -0.4 is 5.32 Å². The van der Waals surface area contributed by atoms with Crippen molar-refractivity contribution in [2.45, 2.75) is 27.2 Å². The molecule has 1 aromatic carbocycles. The number of rotatable bonds is 4. The van der Waals surface area contributed by atoms with Crippen molar-refractivity contribution in [1.82, 2.24) is 9.88 Å². The second-order valence-corrected chi connectivity index (χ2v) is 6.90. The highest BCUT2D eigenvalue weighted by Crippen LogP contribution is 2.29. The Morgan fingerprint density at radius 3 is 2.80 bits per heavy atom. The number of benzene rings is 1. The molecule has 0 atom stereocenters. The summed E-state index contributed by atoms with van der Waals surface area (Å²) in [5.41, 5.74) is 3.21. The Labute approximate surface area is 150 Å². The summed E-state index contributed by atoms with van der Waals surface area (Å²) in [6.07, 6.45) is 2.77. The summed E-state index contributed by atoms with van der Waals surface area (Å²) >= 11 is 1.34. The standard InChI is InChI=1S/C19H20FN3OS/c1-4-9-21-19-22-18(24)17(25-19)11-14-10-12(2)23(13(14)3)16-8-6-5-7-15(16)20/h5-8,10-11H,4,9H2,1-3H3,(H,21,22,24)/b17-11-. The van der Waals surface area contributed by atoms with E-state index in [9.17, 15) is 9.18 Å². The predicted molar refractivity (Wildman–Crippen MR) is 102 cm³/mol. The van der Waals surface area contributed by atoms with Crippen molar-refractivity contribution in [3.05, 3.63) is 58.0 Å². The largest absolute Gasteiger partial charge is 0.315 e. The topological polar surface area (TPSA) is 46.4 Å². The number of carbonyl (C=O) groups is 1. The maximum Gasteiger partial charge on any atom is 0.264 e. The van der Waals surface area contributed by atoms with Crippen LogP contribution in [0.25, 0.3) is 11.8 Å². The molecule has 0 bridgehead atoms. The van der Waals surface area contributed by atoms with Gasteiger partial charge in [-0.1, -0.05) is 19.1 Å². The number of aromatic nitrogens is 1. The lowest BCUT2D eigenvalue weighted by atomic mass is 10.2. The summed E-state index contributed by atoms with van der Waals surface area (Å²) in [5, 5.41) is 3.42. The molecule has 25 heavy (non-hydrogen) atoms. The van der Waals surface area contributed by atoms with Gasteiger partial charge < -0.3 is 9.88 Å². The van der Waals surface area contributed by atoms with E-state index in [4.69, 9.17) is 0 Å². The van der Waals surface area contributed by atoms with E-state index >= 15 is 0 Å². The third-order valence-corrected chi connectivity index (χ3v) is 4.93. The van der Waals surface area contributed by atoms with Gasteiger partial charge in [0, 0.05) is 17.9 Å². The number of aryl methyl sites for hydroxylation is 1. The van der Waals surface area contributed by atoms with Gasteiger partial charge in [-0.2, -0.15) is 0 Å². The Bertz CT molecular complexity index is 883. The number of hydrogen-bond donors (Lipinski definition) is 1. The molecule has 2 heterocycles. The van der Waals surface area contributed by atoms with Crippen molar-refractivity contribution in [3.63, 3.8) is 0 Å². The molecule has 1 saturated heterocycles. The van der Waals surface area contributed by atoms with Crippen molar-refractivity contribution < 1.29 is 9.18 Å². The summed E-state index contributed by atoms with van der Waals surface area (Å²) in [7, 11) is 0. The van der Waals surface area contributed by atoms with E-state index < -0.39 is 0 Å². The fraction of sp³-hybridized carbons (Fsp3) is 0.263. The monoisotopic (exact) mass is 357 g/mol. The quantitative estimate of drug-likeness (QED) is 0.834. The summed E-state index contributed by atoms with van der Waals surface area (Å²) < 4.78 is 16.0. The van der Waals surface area contributed by atoms with E-state index in [2.05, 4.69) is 10.3 Å². The van der Waals surface area contributed by atoms with Gasteiger partial charge in [0.25, 0.3) is 5.91 Å². The minimum Gasteiger partial charge on any atom is -0.315 e. The summed E-state index contributed by atoms with van der Waals surface area (Å²) in [4.78, 5) is 17.1. The predicted octanol–water partition coefficient (Wildman–Crippen LogP) is 4.20. The lowest BCUT2D eigenvalue weighted by Gasteiger charge is -2.10. The third kappa shape index (κ3) is 3.54. The number of aliphatic imine (C=N–C) groups is 1. The Morgan fingerprint density at radius 1 is 1.32 bits per heavy atom. The van der Waals surface area contributed by atoms with E-state index in [0.717, 1.165) is 23.4 Å². The first kappa shape index (κ1) is 17.5. The Morgan fingerprint density at radius 2 is 2.08 bits per heavy atom. The molecule has 1 amide bonds. The fourth-order valence-electron chi connectivity index (χ4n) is 2.79. The van der Waals surface area contributed by atoms with Crippen molar-refractivity contribution in [2.75, 3.05) is 6.54 Å². The van der Waals surface area contributed by atoms with Crippen molar-refractivity contribution in [3.8, 4) is 5.69 Å². The van der Waals surface area contributed by atoms with Crippen molar-refractivity contribution in [2.24, 2.45) is 4.99 Å². The molecule has 6 heteroatoms. The smallest absolute Gasteiger partial charge is 0.264 e. The number of para-hydroxylation sites is 1. The van der Waals surface area contributed by atoms with E-state index in [-0.39, 0.29) is 11.7 Å². The molecule has 0 spiro atoms. The Balaban J connectivity index is 1.97. The van der Waals surface area contributed by atoms with Crippen LogP contribution >= 0.6 is 11.8 Å². The zero-order valence-electron chi connectivity index (χ0n) is 14.5. The highest BCUT2D eigenvalue weighted by atomic mass is 32.2. The Kier molecular flexibility index (Phi) is 5.08. The molecule has 0 unspecified atom stereocenters. The van der Waals surface area contributed by atoms with Crippen LogP contribution in [0.5, 0.6) is 0 Å². The van der Waals surface area contributed by atoms with Gasteiger partial charge in [0.15, 0.2) is 5.17 Å². The number of hydrogen-bond acceptors (Lipinski definition) is 3. The normalized spacial score (nSPS) is 17.5. The van der Waals surface area contributed by atoms with Crippen LogP contribution in [0.4, 0.5) is 4.39 Å². The number of nitrogens with zero attached hydrogens (tertiary/aromatic N) is 2. The maximum atomic E-state index is 14.2. The van der Waals surface area contributed by atoms with Gasteiger partial charge in [-0.3, -0.25) is 9.79 Å². The van der Waals surface area contributed by atoms with E-state index in [1.807, 2.05) is 43.5 Å². The van der Waals surface area contributed by atoms with Crippen LogP contribution in [0.15, 0.2) is 40.2 Å². The zero-order chi connectivity index (χ0) is 18.0. The molecule has 1 N–H and O–H groups in total. The number of nitrogens with one attached hydrogen (secondary N) is 1. The zero-order valence-corrected chi connectivity index (χ0v) is 15.3. The second kappa shape index (κ2) is 7.27. The molecule has 1 aromatic heterocycles. The lowest BCUT2D eigenvalue weighted by molar-refractivity contribution is -0.115. The van der Waals surface area contributed by atoms with Crippen LogP contribution in [0, 0.1) is 19.7 Å². The third-order valence-electron chi connectivity index (χ3n) is 3.98. The fourth-order valence-corrected chi connectivity index (χ4v) is 3.63. The van der Waals surface area contributed by atoms with Crippen LogP contribution in [-0.2, 0) is 4.79 Å². The SMILES string of the molecule is CCCN=C1NC(=O)/C(=C/c2cc(C)n(-c3ccccc3F)c2C)S1. The number of amidine groups is 1. The van der Waals surface area contributed by atoms with Crippen molar-refractivity contribution in [1.29, 1.82) is 0 Å². The van der Waals surface area contributed by atoms with Gasteiger partial charge in [0.1, 0.15) is 5.82 Å². The molecule has 0 saturated carbocycles. The molecule has 0 radical (unpaired) electrons. The molecule has 1 aliphatic heterocycles. The highest BCUT2D eigenvalue weighted by Gasteiger charge is 2.24. The number of thioether (sulfide) groups is 1. The lowest BCUT2D eigenvalue weighted by Crippen LogP contribution is -2.19. The first-order chi connectivity index (χ1) is 12.0. The van der Waals surface area contributed by atoms with E-state index in [0.29, 0.717) is 22.3 Å². The van der Waals surface area contributed by atoms with Crippen molar-refractivity contribution >= 4 is 28.9 Å². The van der Waals surface area contributed by atoms with Gasteiger partial charge >= 0.3 is 0 Å². The number of carbonyl (C=O) groups excluding carboxylic acids is 1. The maximum absolute atomic E-state index is 14.2. The minimum atomic E-state index is -0.273. The molecule has 1 fully saturated rings. The van der Waals surface area contributed by atoms with E-state index in [1.54, 1.807) is 12.1 Å². The van der Waals surface area contributed by atoms with Gasteiger partial charge in [-0.15, -0.1) is 0 Å². The van der Waals surface area contributed by atoms with Gasteiger partial charge in [-0.05, 0) is 61.9 Å². The Hall–Kier alpha value is -2.34. The summed E-state index contributed by atoms with van der Waals surface area (Å²) in [6, 6.07) is 8.64. The molecule has 2 aromatic rings. The summed E-state index contributed by atoms with van der Waals surface area (Å²) in [6.45, 7) is 6.59. The second-order valence-electron chi connectivity index (χ2n) is 5.86. The van der Waals surface area contributed by atoms with Crippen LogP contribution in [-0.4, -0.2) is 22.2 Å². The van der Waals surface area contributed by atoms with E-state index in [1.165, 1.54) is 17.8 Å². The molecular formula is C19H20FN3OS. The first-order valence-electron chi connectivity index (χ1n) is 8.20.